The standard InChI is InChI=1S/C21H26N2O3S/c1-3-4-15-22-20(24)21(13-14-21)17-9-11-18(12-10-17)23-27(25,26)19-8-6-5-7-16(19)2/h5-12,23H,3-4,13-15H2,1-2H3,(H,22,24). The van der Waals surface area contributed by atoms with E-state index in [-0.39, 0.29) is 10.8 Å². The van der Waals surface area contributed by atoms with E-state index in [0.29, 0.717) is 17.8 Å². The van der Waals surface area contributed by atoms with Gasteiger partial charge in [0.2, 0.25) is 5.91 Å². The highest BCUT2D eigenvalue weighted by Crippen LogP contribution is 2.48. The number of aryl methyl sites for hydroxylation is 1. The molecule has 1 aliphatic rings. The molecule has 144 valence electrons. The molecule has 1 saturated carbocycles. The van der Waals surface area contributed by atoms with E-state index in [2.05, 4.69) is 17.0 Å². The van der Waals surface area contributed by atoms with Crippen LogP contribution in [0.15, 0.2) is 53.4 Å². The first-order chi connectivity index (χ1) is 12.9. The Morgan fingerprint density at radius 3 is 2.33 bits per heavy atom. The van der Waals surface area contributed by atoms with Crippen LogP contribution in [0.5, 0.6) is 0 Å². The second-order valence-electron chi connectivity index (χ2n) is 7.14. The van der Waals surface area contributed by atoms with Crippen molar-refractivity contribution >= 4 is 21.6 Å². The monoisotopic (exact) mass is 386 g/mol. The van der Waals surface area contributed by atoms with E-state index in [0.717, 1.165) is 31.2 Å². The van der Waals surface area contributed by atoms with E-state index in [9.17, 15) is 13.2 Å². The highest BCUT2D eigenvalue weighted by atomic mass is 32.2. The van der Waals surface area contributed by atoms with Gasteiger partial charge in [-0.1, -0.05) is 43.7 Å². The van der Waals surface area contributed by atoms with Gasteiger partial charge in [0.25, 0.3) is 10.0 Å². The Morgan fingerprint density at radius 1 is 1.07 bits per heavy atom. The van der Waals surface area contributed by atoms with Crippen LogP contribution < -0.4 is 10.0 Å². The maximum Gasteiger partial charge on any atom is 0.262 e. The third-order valence-corrected chi connectivity index (χ3v) is 6.61. The molecule has 0 heterocycles. The Hall–Kier alpha value is -2.34. The van der Waals surface area contributed by atoms with Gasteiger partial charge in [0.05, 0.1) is 10.3 Å². The van der Waals surface area contributed by atoms with Crippen LogP contribution in [-0.4, -0.2) is 20.9 Å². The van der Waals surface area contributed by atoms with Gasteiger partial charge in [0.1, 0.15) is 0 Å². The van der Waals surface area contributed by atoms with Crippen LogP contribution >= 0.6 is 0 Å². The number of unbranched alkanes of at least 4 members (excludes halogenated alkanes) is 1. The minimum atomic E-state index is -3.64. The van der Waals surface area contributed by atoms with Gasteiger partial charge in [-0.15, -0.1) is 0 Å². The molecule has 2 N–H and O–H groups in total. The van der Waals surface area contributed by atoms with Crippen molar-refractivity contribution in [2.24, 2.45) is 0 Å². The number of hydrogen-bond acceptors (Lipinski definition) is 3. The predicted octanol–water partition coefficient (Wildman–Crippen LogP) is 3.74. The second kappa shape index (κ2) is 7.72. The molecule has 1 amide bonds. The van der Waals surface area contributed by atoms with E-state index in [1.165, 1.54) is 0 Å². The smallest absolute Gasteiger partial charge is 0.262 e. The Labute approximate surface area is 161 Å². The number of nitrogens with one attached hydrogen (secondary N) is 2. The fourth-order valence-electron chi connectivity index (χ4n) is 3.25. The minimum absolute atomic E-state index is 0.0733. The lowest BCUT2D eigenvalue weighted by Gasteiger charge is -2.16. The molecule has 0 radical (unpaired) electrons. The van der Waals surface area contributed by atoms with E-state index in [1.807, 2.05) is 18.2 Å². The summed E-state index contributed by atoms with van der Waals surface area (Å²) in [5.74, 6) is 0.0733. The SMILES string of the molecule is CCCCNC(=O)C1(c2ccc(NS(=O)(=O)c3ccccc3C)cc2)CC1. The van der Waals surface area contributed by atoms with Crippen LogP contribution in [0.1, 0.15) is 43.7 Å². The van der Waals surface area contributed by atoms with Crippen molar-refractivity contribution in [1.82, 2.24) is 5.32 Å². The molecule has 0 spiro atoms. The molecular weight excluding hydrogens is 360 g/mol. The lowest BCUT2D eigenvalue weighted by Crippen LogP contribution is -2.35. The van der Waals surface area contributed by atoms with E-state index >= 15 is 0 Å². The number of rotatable bonds is 8. The quantitative estimate of drug-likeness (QED) is 0.679. The third kappa shape index (κ3) is 4.16. The summed E-state index contributed by atoms with van der Waals surface area (Å²) < 4.78 is 27.8. The Bertz CT molecular complexity index is 917. The Morgan fingerprint density at radius 2 is 1.74 bits per heavy atom. The molecule has 0 bridgehead atoms. The normalized spacial score (nSPS) is 15.2. The lowest BCUT2D eigenvalue weighted by atomic mass is 9.94. The van der Waals surface area contributed by atoms with Crippen molar-refractivity contribution in [1.29, 1.82) is 0 Å². The summed E-state index contributed by atoms with van der Waals surface area (Å²) >= 11 is 0. The average Bonchev–Trinajstić information content (AvgIpc) is 3.44. The molecule has 1 aliphatic carbocycles. The summed E-state index contributed by atoms with van der Waals surface area (Å²) in [5.41, 5.74) is 1.68. The molecule has 2 aromatic rings. The number of carbonyl (C=O) groups is 1. The first-order valence-corrected chi connectivity index (χ1v) is 10.8. The molecular formula is C21H26N2O3S. The number of amides is 1. The average molecular weight is 387 g/mol. The molecule has 0 saturated heterocycles. The summed E-state index contributed by atoms with van der Waals surface area (Å²) in [4.78, 5) is 12.8. The van der Waals surface area contributed by atoms with Crippen molar-refractivity contribution in [2.75, 3.05) is 11.3 Å². The molecule has 0 atom stereocenters. The summed E-state index contributed by atoms with van der Waals surface area (Å²) in [6.07, 6.45) is 3.68. The number of hydrogen-bond donors (Lipinski definition) is 2. The van der Waals surface area contributed by atoms with Crippen molar-refractivity contribution in [2.45, 2.75) is 49.8 Å². The highest BCUT2D eigenvalue weighted by molar-refractivity contribution is 7.92. The van der Waals surface area contributed by atoms with Crippen molar-refractivity contribution in [3.63, 3.8) is 0 Å². The molecule has 2 aromatic carbocycles. The second-order valence-corrected chi connectivity index (χ2v) is 8.79. The fourth-order valence-corrected chi connectivity index (χ4v) is 4.55. The van der Waals surface area contributed by atoms with Gasteiger partial charge in [-0.05, 0) is 55.5 Å². The lowest BCUT2D eigenvalue weighted by molar-refractivity contribution is -0.123. The van der Waals surface area contributed by atoms with Crippen molar-refractivity contribution in [3.05, 3.63) is 59.7 Å². The van der Waals surface area contributed by atoms with Crippen molar-refractivity contribution in [3.8, 4) is 0 Å². The largest absolute Gasteiger partial charge is 0.355 e. The van der Waals surface area contributed by atoms with Gasteiger partial charge in [-0.25, -0.2) is 8.42 Å². The van der Waals surface area contributed by atoms with E-state index in [1.54, 1.807) is 37.3 Å². The maximum absolute atomic E-state index is 12.6. The predicted molar refractivity (Wildman–Crippen MR) is 107 cm³/mol. The number of sulfonamides is 1. The zero-order chi connectivity index (χ0) is 19.5. The number of benzene rings is 2. The van der Waals surface area contributed by atoms with Crippen LogP contribution in [0.3, 0.4) is 0 Å². The molecule has 27 heavy (non-hydrogen) atoms. The fraction of sp³-hybridized carbons (Fsp3) is 0.381. The highest BCUT2D eigenvalue weighted by Gasteiger charge is 2.50. The maximum atomic E-state index is 12.6. The van der Waals surface area contributed by atoms with Gasteiger partial charge < -0.3 is 5.32 Å². The van der Waals surface area contributed by atoms with Gasteiger partial charge >= 0.3 is 0 Å². The van der Waals surface area contributed by atoms with Gasteiger partial charge in [0, 0.05) is 12.2 Å². The summed E-state index contributed by atoms with van der Waals surface area (Å²) in [7, 11) is -3.64. The Balaban J connectivity index is 1.73. The van der Waals surface area contributed by atoms with Gasteiger partial charge in [-0.2, -0.15) is 0 Å². The zero-order valence-corrected chi connectivity index (χ0v) is 16.6. The first-order valence-electron chi connectivity index (χ1n) is 9.36. The summed E-state index contributed by atoms with van der Waals surface area (Å²) in [6.45, 7) is 4.56. The van der Waals surface area contributed by atoms with E-state index in [4.69, 9.17) is 0 Å². The topological polar surface area (TPSA) is 75.3 Å². The van der Waals surface area contributed by atoms with Crippen LogP contribution in [0.4, 0.5) is 5.69 Å². The zero-order valence-electron chi connectivity index (χ0n) is 15.8. The third-order valence-electron chi connectivity index (χ3n) is 5.07. The number of anilines is 1. The molecule has 5 nitrogen and oxygen atoms in total. The molecule has 0 aromatic heterocycles. The van der Waals surface area contributed by atoms with Crippen LogP contribution in [0.25, 0.3) is 0 Å². The van der Waals surface area contributed by atoms with Crippen LogP contribution in [0, 0.1) is 6.92 Å². The molecule has 0 aliphatic heterocycles. The summed E-state index contributed by atoms with van der Waals surface area (Å²) in [5, 5.41) is 3.01. The van der Waals surface area contributed by atoms with Crippen molar-refractivity contribution < 1.29 is 13.2 Å². The van der Waals surface area contributed by atoms with Crippen LogP contribution in [-0.2, 0) is 20.2 Å². The molecule has 3 rings (SSSR count). The van der Waals surface area contributed by atoms with Gasteiger partial charge in [-0.3, -0.25) is 9.52 Å². The Kier molecular flexibility index (Phi) is 5.56. The van der Waals surface area contributed by atoms with Crippen LogP contribution in [0.2, 0.25) is 0 Å². The molecule has 1 fully saturated rings. The summed E-state index contributed by atoms with van der Waals surface area (Å²) in [6, 6.07) is 14.0. The van der Waals surface area contributed by atoms with E-state index < -0.39 is 15.4 Å². The number of carbonyl (C=O) groups excluding carboxylic acids is 1. The minimum Gasteiger partial charge on any atom is -0.355 e. The molecule has 0 unspecified atom stereocenters. The van der Waals surface area contributed by atoms with Gasteiger partial charge in [0.15, 0.2) is 0 Å². The first kappa shape index (κ1) is 19.4. The molecule has 6 heteroatoms.